The number of hydrogen-bond acceptors (Lipinski definition) is 3. The molecule has 0 spiro atoms. The van der Waals surface area contributed by atoms with Crippen molar-refractivity contribution in [2.24, 2.45) is 0 Å². The molecule has 6 heteroatoms. The molecule has 6 nitrogen and oxygen atoms in total. The lowest BCUT2D eigenvalue weighted by molar-refractivity contribution is 1.29. The van der Waals surface area contributed by atoms with Crippen LogP contribution in [0.3, 0.4) is 0 Å². The van der Waals surface area contributed by atoms with Gasteiger partial charge >= 0.3 is 0 Å². The van der Waals surface area contributed by atoms with Gasteiger partial charge in [-0.15, -0.1) is 0 Å². The van der Waals surface area contributed by atoms with E-state index in [0.29, 0.717) is 0 Å². The second kappa shape index (κ2) is 5.28. The summed E-state index contributed by atoms with van der Waals surface area (Å²) in [7, 11) is 0. The third kappa shape index (κ3) is 1.98. The van der Waals surface area contributed by atoms with Crippen molar-refractivity contribution in [3.63, 3.8) is 0 Å². The van der Waals surface area contributed by atoms with Gasteiger partial charge < -0.3 is 15.0 Å². The van der Waals surface area contributed by atoms with Crippen molar-refractivity contribution in [3.05, 3.63) is 67.5 Å². The molecule has 6 aromatic rings. The second-order valence-electron chi connectivity index (χ2n) is 6.49. The van der Waals surface area contributed by atoms with Crippen LogP contribution in [-0.4, -0.2) is 29.9 Å². The van der Waals surface area contributed by atoms with Gasteiger partial charge in [0.2, 0.25) is 0 Å². The van der Waals surface area contributed by atoms with Crippen LogP contribution in [0.5, 0.6) is 0 Å². The minimum atomic E-state index is 0.861. The van der Waals surface area contributed by atoms with Crippen LogP contribution in [0.4, 0.5) is 0 Å². The Kier molecular flexibility index (Phi) is 2.79. The zero-order valence-electron chi connectivity index (χ0n) is 14.2. The summed E-state index contributed by atoms with van der Waals surface area (Å²) in [6.45, 7) is 0. The van der Waals surface area contributed by atoms with Crippen molar-refractivity contribution < 1.29 is 0 Å². The molecular weight excluding hydrogens is 336 g/mol. The number of nitrogens with zero attached hydrogens (tertiary/aromatic N) is 3. The normalized spacial score (nSPS) is 11.7. The fourth-order valence-electron chi connectivity index (χ4n) is 3.80. The van der Waals surface area contributed by atoms with Crippen molar-refractivity contribution in [3.8, 4) is 22.5 Å². The Bertz CT molecular complexity index is 1330. The smallest absolute Gasteiger partial charge is 0.137 e. The summed E-state index contributed by atoms with van der Waals surface area (Å²) in [4.78, 5) is 23.7. The molecule has 6 heterocycles. The van der Waals surface area contributed by atoms with E-state index in [1.165, 1.54) is 0 Å². The highest BCUT2D eigenvalue weighted by Gasteiger charge is 2.16. The van der Waals surface area contributed by atoms with Crippen LogP contribution < -0.4 is 0 Å². The van der Waals surface area contributed by atoms with Gasteiger partial charge in [0, 0.05) is 64.5 Å². The average molecular weight is 350 g/mol. The first-order chi connectivity index (χ1) is 13.4. The van der Waals surface area contributed by atoms with Crippen molar-refractivity contribution in [1.29, 1.82) is 0 Å². The maximum atomic E-state index is 4.83. The number of aromatic amines is 3. The molecule has 0 radical (unpaired) electrons. The van der Waals surface area contributed by atoms with E-state index in [0.717, 1.165) is 55.4 Å². The molecule has 0 amide bonds. The lowest BCUT2D eigenvalue weighted by atomic mass is 10.0. The van der Waals surface area contributed by atoms with Crippen LogP contribution in [-0.2, 0) is 0 Å². The Labute approximate surface area is 153 Å². The fourth-order valence-corrected chi connectivity index (χ4v) is 3.80. The average Bonchev–Trinajstić information content (AvgIpc) is 3.46. The number of hydrogen-bond donors (Lipinski definition) is 3. The Balaban J connectivity index is 1.66. The molecule has 0 unspecified atom stereocenters. The first-order valence-electron chi connectivity index (χ1n) is 8.71. The molecule has 0 saturated carbocycles. The fraction of sp³-hybridized carbons (Fsp3) is 0. The molecule has 0 aromatic carbocycles. The van der Waals surface area contributed by atoms with Crippen LogP contribution >= 0.6 is 0 Å². The van der Waals surface area contributed by atoms with E-state index in [1.807, 2.05) is 61.4 Å². The second-order valence-corrected chi connectivity index (χ2v) is 6.49. The van der Waals surface area contributed by atoms with Gasteiger partial charge in [-0.25, -0.2) is 4.98 Å². The summed E-state index contributed by atoms with van der Waals surface area (Å²) in [5.74, 6) is 0. The van der Waals surface area contributed by atoms with Crippen LogP contribution in [0.25, 0.3) is 55.4 Å². The van der Waals surface area contributed by atoms with E-state index in [1.54, 1.807) is 0 Å². The Morgan fingerprint density at radius 2 is 1.41 bits per heavy atom. The SMILES string of the molecule is c1cc2cc[nH]c2c(-c2cnc(-c3ccnc4[nH]ccc34)c3cc[nH]c23)n1. The van der Waals surface area contributed by atoms with Gasteiger partial charge in [-0.05, 0) is 30.3 Å². The molecule has 0 saturated heterocycles. The molecule has 128 valence electrons. The minimum Gasteiger partial charge on any atom is -0.361 e. The first-order valence-corrected chi connectivity index (χ1v) is 8.71. The number of pyridine rings is 3. The molecule has 0 atom stereocenters. The van der Waals surface area contributed by atoms with E-state index in [9.17, 15) is 0 Å². The largest absolute Gasteiger partial charge is 0.361 e. The maximum absolute atomic E-state index is 4.83. The highest BCUT2D eigenvalue weighted by molar-refractivity contribution is 6.07. The lowest BCUT2D eigenvalue weighted by Gasteiger charge is -2.09. The molecule has 27 heavy (non-hydrogen) atoms. The molecule has 0 fully saturated rings. The molecule has 3 N–H and O–H groups in total. The van der Waals surface area contributed by atoms with Gasteiger partial charge in [0.15, 0.2) is 0 Å². The lowest BCUT2D eigenvalue weighted by Crippen LogP contribution is -1.92. The monoisotopic (exact) mass is 350 g/mol. The summed E-state index contributed by atoms with van der Waals surface area (Å²) >= 11 is 0. The Morgan fingerprint density at radius 1 is 0.593 bits per heavy atom. The Hall–Kier alpha value is -3.93. The molecule has 0 aliphatic rings. The van der Waals surface area contributed by atoms with Crippen LogP contribution in [0.1, 0.15) is 0 Å². The Morgan fingerprint density at radius 3 is 2.41 bits per heavy atom. The van der Waals surface area contributed by atoms with Gasteiger partial charge in [0.25, 0.3) is 0 Å². The van der Waals surface area contributed by atoms with Crippen molar-refractivity contribution in [2.75, 3.05) is 0 Å². The summed E-state index contributed by atoms with van der Waals surface area (Å²) in [5, 5.41) is 3.25. The van der Waals surface area contributed by atoms with Crippen LogP contribution in [0, 0.1) is 0 Å². The zero-order valence-corrected chi connectivity index (χ0v) is 14.2. The number of H-pyrrole nitrogens is 3. The first kappa shape index (κ1) is 14.3. The molecule has 0 aliphatic heterocycles. The van der Waals surface area contributed by atoms with E-state index in [4.69, 9.17) is 4.98 Å². The highest BCUT2D eigenvalue weighted by Crippen LogP contribution is 2.36. The number of rotatable bonds is 2. The van der Waals surface area contributed by atoms with Crippen LogP contribution in [0.15, 0.2) is 67.5 Å². The molecule has 6 rings (SSSR count). The van der Waals surface area contributed by atoms with E-state index >= 15 is 0 Å². The van der Waals surface area contributed by atoms with Gasteiger partial charge in [-0.2, -0.15) is 0 Å². The van der Waals surface area contributed by atoms with Crippen molar-refractivity contribution in [1.82, 2.24) is 29.9 Å². The number of nitrogens with one attached hydrogen (secondary N) is 3. The predicted molar refractivity (Wildman–Crippen MR) is 106 cm³/mol. The van der Waals surface area contributed by atoms with Crippen LogP contribution in [0.2, 0.25) is 0 Å². The predicted octanol–water partition coefficient (Wildman–Crippen LogP) is 4.65. The van der Waals surface area contributed by atoms with Gasteiger partial charge in [0.1, 0.15) is 5.65 Å². The van der Waals surface area contributed by atoms with Crippen molar-refractivity contribution in [2.45, 2.75) is 0 Å². The molecule has 0 aliphatic carbocycles. The van der Waals surface area contributed by atoms with E-state index in [-0.39, 0.29) is 0 Å². The zero-order chi connectivity index (χ0) is 17.8. The van der Waals surface area contributed by atoms with E-state index in [2.05, 4.69) is 31.0 Å². The minimum absolute atomic E-state index is 0.861. The third-order valence-corrected chi connectivity index (χ3v) is 5.04. The highest BCUT2D eigenvalue weighted by atomic mass is 14.8. The maximum Gasteiger partial charge on any atom is 0.137 e. The number of fused-ring (bicyclic) bond motifs is 3. The quantitative estimate of drug-likeness (QED) is 0.425. The van der Waals surface area contributed by atoms with E-state index < -0.39 is 0 Å². The standard InChI is InChI=1S/C21H14N6/c1-6-22-17-12(1)2-7-24-20(17)16-11-27-18(15-5-8-23-19(15)16)13-3-9-25-21-14(13)4-10-26-21/h1-11,22-23H,(H,25,26). The molecule has 0 bridgehead atoms. The molecular formula is C21H14N6. The van der Waals surface area contributed by atoms with Gasteiger partial charge in [0.05, 0.1) is 22.4 Å². The number of aromatic nitrogens is 6. The summed E-state index contributed by atoms with van der Waals surface area (Å²) < 4.78 is 0. The van der Waals surface area contributed by atoms with Gasteiger partial charge in [-0.1, -0.05) is 0 Å². The topological polar surface area (TPSA) is 86.0 Å². The summed E-state index contributed by atoms with van der Waals surface area (Å²) in [6, 6.07) is 10.2. The van der Waals surface area contributed by atoms with Gasteiger partial charge in [-0.3, -0.25) is 9.97 Å². The third-order valence-electron chi connectivity index (χ3n) is 5.04. The molecule has 6 aromatic heterocycles. The summed E-state index contributed by atoms with van der Waals surface area (Å²) in [5.41, 5.74) is 6.76. The van der Waals surface area contributed by atoms with Crippen molar-refractivity contribution >= 4 is 32.8 Å². The summed E-state index contributed by atoms with van der Waals surface area (Å²) in [6.07, 6.45) is 11.3.